The Morgan fingerprint density at radius 1 is 1.50 bits per heavy atom. The first-order valence-corrected chi connectivity index (χ1v) is 4.29. The topological polar surface area (TPSA) is 53.1 Å². The lowest BCUT2D eigenvalue weighted by molar-refractivity contribution is 0.624. The van der Waals surface area contributed by atoms with Crippen molar-refractivity contribution in [2.75, 3.05) is 19.0 Å². The molecule has 0 aliphatic carbocycles. The smallest absolute Gasteiger partial charge is 0.146 e. The molecule has 0 aromatic heterocycles. The van der Waals surface area contributed by atoms with E-state index in [1.165, 1.54) is 6.07 Å². The largest absolute Gasteiger partial charge is 0.387 e. The molecule has 0 unspecified atom stereocenters. The van der Waals surface area contributed by atoms with Crippen molar-refractivity contribution in [1.29, 1.82) is 5.41 Å². The molecular formula is C10H14FN3. The van der Waals surface area contributed by atoms with Gasteiger partial charge in [-0.25, -0.2) is 4.39 Å². The summed E-state index contributed by atoms with van der Waals surface area (Å²) in [7, 11) is 3.56. The van der Waals surface area contributed by atoms with Gasteiger partial charge in [-0.05, 0) is 17.7 Å². The summed E-state index contributed by atoms with van der Waals surface area (Å²) >= 11 is 0. The van der Waals surface area contributed by atoms with Crippen LogP contribution in [-0.4, -0.2) is 19.9 Å². The third kappa shape index (κ3) is 2.45. The predicted octanol–water partition coefficient (Wildman–Crippen LogP) is 1.37. The van der Waals surface area contributed by atoms with Crippen molar-refractivity contribution in [3.8, 4) is 0 Å². The molecular weight excluding hydrogens is 181 g/mol. The summed E-state index contributed by atoms with van der Waals surface area (Å²) in [6.07, 6.45) is 0.296. The molecule has 0 bridgehead atoms. The lowest BCUT2D eigenvalue weighted by Gasteiger charge is -2.13. The molecule has 4 heteroatoms. The van der Waals surface area contributed by atoms with Gasteiger partial charge in [0.2, 0.25) is 0 Å². The molecule has 1 aromatic carbocycles. The van der Waals surface area contributed by atoms with E-state index in [2.05, 4.69) is 0 Å². The fraction of sp³-hybridized carbons (Fsp3) is 0.300. The Kier molecular flexibility index (Phi) is 3.06. The van der Waals surface area contributed by atoms with Crippen molar-refractivity contribution in [2.24, 2.45) is 5.73 Å². The first-order valence-electron chi connectivity index (χ1n) is 4.29. The molecule has 1 aromatic rings. The van der Waals surface area contributed by atoms with Gasteiger partial charge in [-0.1, -0.05) is 6.07 Å². The molecule has 0 amide bonds. The maximum Gasteiger partial charge on any atom is 0.146 e. The molecule has 14 heavy (non-hydrogen) atoms. The maximum atomic E-state index is 13.4. The minimum atomic E-state index is -0.284. The van der Waals surface area contributed by atoms with Gasteiger partial charge in [0, 0.05) is 20.5 Å². The average molecular weight is 195 g/mol. The van der Waals surface area contributed by atoms with E-state index in [9.17, 15) is 4.39 Å². The Balaban J connectivity index is 2.94. The second-order valence-corrected chi connectivity index (χ2v) is 3.38. The predicted molar refractivity (Wildman–Crippen MR) is 56.3 cm³/mol. The second kappa shape index (κ2) is 4.09. The van der Waals surface area contributed by atoms with Crippen LogP contribution in [-0.2, 0) is 6.42 Å². The highest BCUT2D eigenvalue weighted by atomic mass is 19.1. The first-order chi connectivity index (χ1) is 6.50. The maximum absolute atomic E-state index is 13.4. The quantitative estimate of drug-likeness (QED) is 0.565. The SMILES string of the molecule is CN(C)c1ccc(CC(=N)N)cc1F. The zero-order chi connectivity index (χ0) is 10.7. The summed E-state index contributed by atoms with van der Waals surface area (Å²) in [6, 6.07) is 4.88. The van der Waals surface area contributed by atoms with Gasteiger partial charge < -0.3 is 10.6 Å². The van der Waals surface area contributed by atoms with Crippen molar-refractivity contribution >= 4 is 11.5 Å². The van der Waals surface area contributed by atoms with Gasteiger partial charge in [0.1, 0.15) is 5.82 Å². The Bertz CT molecular complexity index is 347. The number of nitrogens with one attached hydrogen (secondary N) is 1. The van der Waals surface area contributed by atoms with E-state index in [4.69, 9.17) is 11.1 Å². The van der Waals surface area contributed by atoms with Crippen LogP contribution in [0, 0.1) is 11.2 Å². The summed E-state index contributed by atoms with van der Waals surface area (Å²) < 4.78 is 13.4. The summed E-state index contributed by atoms with van der Waals surface area (Å²) in [4.78, 5) is 1.70. The van der Waals surface area contributed by atoms with E-state index in [1.807, 2.05) is 0 Å². The summed E-state index contributed by atoms with van der Waals surface area (Å²) in [6.45, 7) is 0. The number of hydrogen-bond donors (Lipinski definition) is 2. The van der Waals surface area contributed by atoms with Crippen LogP contribution in [0.5, 0.6) is 0 Å². The highest BCUT2D eigenvalue weighted by molar-refractivity contribution is 5.79. The van der Waals surface area contributed by atoms with Gasteiger partial charge in [-0.3, -0.25) is 5.41 Å². The van der Waals surface area contributed by atoms with Crippen molar-refractivity contribution < 1.29 is 4.39 Å². The Morgan fingerprint density at radius 2 is 2.14 bits per heavy atom. The molecule has 0 spiro atoms. The number of anilines is 1. The fourth-order valence-corrected chi connectivity index (χ4v) is 1.24. The number of rotatable bonds is 3. The molecule has 0 atom stereocenters. The Hall–Kier alpha value is -1.58. The normalized spacial score (nSPS) is 9.93. The standard InChI is InChI=1S/C10H14FN3/c1-14(2)9-4-3-7(5-8(9)11)6-10(12)13/h3-5H,6H2,1-2H3,(H3,12,13). The molecule has 0 aliphatic rings. The average Bonchev–Trinajstić information content (AvgIpc) is 2.01. The number of amidine groups is 1. The minimum absolute atomic E-state index is 0.0435. The highest BCUT2D eigenvalue weighted by Gasteiger charge is 2.05. The van der Waals surface area contributed by atoms with Crippen molar-refractivity contribution in [1.82, 2.24) is 0 Å². The molecule has 0 aliphatic heterocycles. The number of benzene rings is 1. The lowest BCUT2D eigenvalue weighted by atomic mass is 10.1. The van der Waals surface area contributed by atoms with E-state index in [-0.39, 0.29) is 11.7 Å². The van der Waals surface area contributed by atoms with E-state index < -0.39 is 0 Å². The molecule has 0 saturated carbocycles. The molecule has 0 radical (unpaired) electrons. The number of nitrogens with zero attached hydrogens (tertiary/aromatic N) is 1. The van der Waals surface area contributed by atoms with E-state index in [0.717, 1.165) is 5.56 Å². The van der Waals surface area contributed by atoms with Crippen LogP contribution in [0.4, 0.5) is 10.1 Å². The molecule has 76 valence electrons. The van der Waals surface area contributed by atoms with Gasteiger partial charge in [0.05, 0.1) is 11.5 Å². The third-order valence-electron chi connectivity index (χ3n) is 1.89. The van der Waals surface area contributed by atoms with Crippen molar-refractivity contribution in [2.45, 2.75) is 6.42 Å². The summed E-state index contributed by atoms with van der Waals surface area (Å²) in [5.41, 5.74) is 6.48. The van der Waals surface area contributed by atoms with Crippen LogP contribution in [0.2, 0.25) is 0 Å². The molecule has 0 fully saturated rings. The zero-order valence-corrected chi connectivity index (χ0v) is 8.34. The van der Waals surface area contributed by atoms with Gasteiger partial charge in [0.25, 0.3) is 0 Å². The van der Waals surface area contributed by atoms with Gasteiger partial charge in [0.15, 0.2) is 0 Å². The van der Waals surface area contributed by atoms with E-state index >= 15 is 0 Å². The molecule has 0 saturated heterocycles. The van der Waals surface area contributed by atoms with Crippen molar-refractivity contribution in [3.63, 3.8) is 0 Å². The van der Waals surface area contributed by atoms with Crippen molar-refractivity contribution in [3.05, 3.63) is 29.6 Å². The van der Waals surface area contributed by atoms with E-state index in [1.54, 1.807) is 31.1 Å². The van der Waals surface area contributed by atoms with Gasteiger partial charge in [-0.2, -0.15) is 0 Å². The van der Waals surface area contributed by atoms with Gasteiger partial charge in [-0.15, -0.1) is 0 Å². The third-order valence-corrected chi connectivity index (χ3v) is 1.89. The van der Waals surface area contributed by atoms with Crippen LogP contribution in [0.3, 0.4) is 0 Å². The van der Waals surface area contributed by atoms with Crippen LogP contribution in [0.25, 0.3) is 0 Å². The minimum Gasteiger partial charge on any atom is -0.387 e. The van der Waals surface area contributed by atoms with Crippen LogP contribution >= 0.6 is 0 Å². The Morgan fingerprint density at radius 3 is 2.57 bits per heavy atom. The first kappa shape index (κ1) is 10.5. The Labute approximate surface area is 82.8 Å². The number of halogens is 1. The second-order valence-electron chi connectivity index (χ2n) is 3.38. The molecule has 0 heterocycles. The number of hydrogen-bond acceptors (Lipinski definition) is 2. The molecule has 3 nitrogen and oxygen atoms in total. The van der Waals surface area contributed by atoms with Crippen LogP contribution < -0.4 is 10.6 Å². The highest BCUT2D eigenvalue weighted by Crippen LogP contribution is 2.18. The van der Waals surface area contributed by atoms with Crippen LogP contribution in [0.15, 0.2) is 18.2 Å². The van der Waals surface area contributed by atoms with Gasteiger partial charge >= 0.3 is 0 Å². The summed E-state index contributed by atoms with van der Waals surface area (Å²) in [5, 5.41) is 7.09. The zero-order valence-electron chi connectivity index (χ0n) is 8.34. The fourth-order valence-electron chi connectivity index (χ4n) is 1.24. The van der Waals surface area contributed by atoms with E-state index in [0.29, 0.717) is 12.1 Å². The van der Waals surface area contributed by atoms with Crippen LogP contribution in [0.1, 0.15) is 5.56 Å². The molecule has 1 rings (SSSR count). The summed E-state index contributed by atoms with van der Waals surface area (Å²) in [5.74, 6) is -0.240. The monoisotopic (exact) mass is 195 g/mol. The molecule has 3 N–H and O–H groups in total. The number of nitrogens with two attached hydrogens (primary N) is 1. The lowest BCUT2D eigenvalue weighted by Crippen LogP contribution is -2.14.